The van der Waals surface area contributed by atoms with Gasteiger partial charge in [-0.25, -0.2) is 14.1 Å². The van der Waals surface area contributed by atoms with Gasteiger partial charge in [-0.1, -0.05) is 12.1 Å². The van der Waals surface area contributed by atoms with Crippen molar-refractivity contribution in [3.63, 3.8) is 0 Å². The summed E-state index contributed by atoms with van der Waals surface area (Å²) >= 11 is 0. The minimum atomic E-state index is -0.358. The Balaban J connectivity index is 1.89. The Morgan fingerprint density at radius 1 is 1.17 bits per heavy atom. The Bertz CT molecular complexity index is 858. The maximum atomic E-state index is 13.6. The second kappa shape index (κ2) is 6.00. The van der Waals surface area contributed by atoms with E-state index >= 15 is 0 Å². The van der Waals surface area contributed by atoms with Crippen molar-refractivity contribution in [1.29, 1.82) is 0 Å². The Morgan fingerprint density at radius 2 is 2.00 bits per heavy atom. The molecular weight excluding hydrogens is 295 g/mol. The molecule has 116 valence electrons. The van der Waals surface area contributed by atoms with E-state index in [1.807, 2.05) is 12.1 Å². The third-order valence-electron chi connectivity index (χ3n) is 3.64. The predicted octanol–water partition coefficient (Wildman–Crippen LogP) is 3.28. The zero-order valence-corrected chi connectivity index (χ0v) is 12.7. The quantitative estimate of drug-likeness (QED) is 0.807. The molecule has 0 fully saturated rings. The normalized spacial score (nSPS) is 10.6. The van der Waals surface area contributed by atoms with E-state index in [1.165, 1.54) is 12.3 Å². The molecule has 1 N–H and O–H groups in total. The fraction of sp³-hybridized carbons (Fsp3) is 0.118. The number of rotatable bonds is 3. The summed E-state index contributed by atoms with van der Waals surface area (Å²) in [6, 6.07) is 10.0. The molecule has 0 aliphatic rings. The number of benzene rings is 1. The summed E-state index contributed by atoms with van der Waals surface area (Å²) in [4.78, 5) is 16.6. The first-order valence-corrected chi connectivity index (χ1v) is 7.10. The van der Waals surface area contributed by atoms with Crippen molar-refractivity contribution in [1.82, 2.24) is 14.8 Å². The molecule has 0 aliphatic carbocycles. The maximum absolute atomic E-state index is 13.6. The Morgan fingerprint density at radius 3 is 2.74 bits per heavy atom. The number of nitrogens with zero attached hydrogens (tertiary/aromatic N) is 3. The fourth-order valence-electron chi connectivity index (χ4n) is 2.28. The molecule has 0 bridgehead atoms. The van der Waals surface area contributed by atoms with Gasteiger partial charge >= 0.3 is 0 Å². The molecule has 0 saturated heterocycles. The number of hydrogen-bond acceptors (Lipinski definition) is 3. The van der Waals surface area contributed by atoms with Crippen molar-refractivity contribution in [2.75, 3.05) is 5.32 Å². The van der Waals surface area contributed by atoms with E-state index in [1.54, 1.807) is 42.9 Å². The van der Waals surface area contributed by atoms with Gasteiger partial charge in [0.15, 0.2) is 5.82 Å². The third kappa shape index (κ3) is 2.83. The number of aromatic nitrogens is 3. The number of pyridine rings is 1. The molecule has 0 unspecified atom stereocenters. The van der Waals surface area contributed by atoms with Gasteiger partial charge in [-0.15, -0.1) is 0 Å². The molecule has 5 nitrogen and oxygen atoms in total. The monoisotopic (exact) mass is 310 g/mol. The minimum Gasteiger partial charge on any atom is -0.322 e. The molecule has 0 spiro atoms. The first-order valence-electron chi connectivity index (χ1n) is 7.10. The molecule has 2 aromatic heterocycles. The number of carbonyl (C=O) groups excluding carboxylic acids is 1. The number of halogens is 1. The molecule has 0 aliphatic heterocycles. The Kier molecular flexibility index (Phi) is 3.89. The van der Waals surface area contributed by atoms with Crippen LogP contribution in [0.1, 0.15) is 21.6 Å². The van der Waals surface area contributed by atoms with E-state index in [0.717, 1.165) is 0 Å². The summed E-state index contributed by atoms with van der Waals surface area (Å²) in [5.74, 6) is -0.0620. The predicted molar refractivity (Wildman–Crippen MR) is 85.2 cm³/mol. The van der Waals surface area contributed by atoms with E-state index < -0.39 is 0 Å². The van der Waals surface area contributed by atoms with Gasteiger partial charge in [0, 0.05) is 17.4 Å². The lowest BCUT2D eigenvalue weighted by atomic mass is 10.1. The smallest absolute Gasteiger partial charge is 0.259 e. The van der Waals surface area contributed by atoms with Gasteiger partial charge in [0.25, 0.3) is 5.91 Å². The van der Waals surface area contributed by atoms with Gasteiger partial charge in [-0.05, 0) is 38.1 Å². The van der Waals surface area contributed by atoms with E-state index in [0.29, 0.717) is 28.3 Å². The number of nitrogens with one attached hydrogen (secondary N) is 1. The summed E-state index contributed by atoms with van der Waals surface area (Å²) in [6.45, 7) is 3.41. The van der Waals surface area contributed by atoms with Crippen molar-refractivity contribution < 1.29 is 9.18 Å². The van der Waals surface area contributed by atoms with Gasteiger partial charge in [-0.2, -0.15) is 5.10 Å². The van der Waals surface area contributed by atoms with Crippen molar-refractivity contribution in [3.05, 3.63) is 71.4 Å². The van der Waals surface area contributed by atoms with Crippen LogP contribution in [-0.4, -0.2) is 20.7 Å². The molecule has 6 heteroatoms. The zero-order valence-electron chi connectivity index (χ0n) is 12.7. The van der Waals surface area contributed by atoms with Crippen molar-refractivity contribution in [2.24, 2.45) is 0 Å². The summed E-state index contributed by atoms with van der Waals surface area (Å²) in [7, 11) is 0. The van der Waals surface area contributed by atoms with E-state index in [9.17, 15) is 9.18 Å². The SMILES string of the molecule is Cc1c(F)cccc1NC(=O)c1cnn(-c2ccccn2)c1C. The van der Waals surface area contributed by atoms with Crippen LogP contribution in [0.25, 0.3) is 5.82 Å². The standard InChI is InChI=1S/C17H15FN4O/c1-11-14(18)6-5-7-15(11)21-17(23)13-10-20-22(12(13)2)16-8-3-4-9-19-16/h3-10H,1-2H3,(H,21,23). The topological polar surface area (TPSA) is 59.8 Å². The summed E-state index contributed by atoms with van der Waals surface area (Å²) in [5, 5.41) is 6.93. The lowest BCUT2D eigenvalue weighted by Crippen LogP contribution is -2.14. The average Bonchev–Trinajstić information content (AvgIpc) is 2.94. The molecule has 23 heavy (non-hydrogen) atoms. The van der Waals surface area contributed by atoms with Crippen LogP contribution in [0.2, 0.25) is 0 Å². The summed E-state index contributed by atoms with van der Waals surface area (Å²) < 4.78 is 15.2. The number of carbonyl (C=O) groups is 1. The third-order valence-corrected chi connectivity index (χ3v) is 3.64. The summed E-state index contributed by atoms with van der Waals surface area (Å²) in [5.41, 5.74) is 1.92. The molecule has 1 aromatic carbocycles. The molecular formula is C17H15FN4O. The second-order valence-corrected chi connectivity index (χ2v) is 5.11. The first kappa shape index (κ1) is 14.9. The molecule has 2 heterocycles. The fourth-order valence-corrected chi connectivity index (χ4v) is 2.28. The van der Waals surface area contributed by atoms with Crippen LogP contribution in [0, 0.1) is 19.7 Å². The lowest BCUT2D eigenvalue weighted by molar-refractivity contribution is 0.102. The molecule has 3 aromatic rings. The average molecular weight is 310 g/mol. The largest absolute Gasteiger partial charge is 0.322 e. The number of anilines is 1. The van der Waals surface area contributed by atoms with E-state index in [-0.39, 0.29) is 11.7 Å². The molecule has 0 radical (unpaired) electrons. The second-order valence-electron chi connectivity index (χ2n) is 5.11. The van der Waals surface area contributed by atoms with Crippen molar-refractivity contribution in [2.45, 2.75) is 13.8 Å². The number of amides is 1. The maximum Gasteiger partial charge on any atom is 0.259 e. The number of hydrogen-bond donors (Lipinski definition) is 1. The van der Waals surface area contributed by atoms with Crippen LogP contribution >= 0.6 is 0 Å². The van der Waals surface area contributed by atoms with Crippen LogP contribution in [0.5, 0.6) is 0 Å². The highest BCUT2D eigenvalue weighted by molar-refractivity contribution is 6.05. The first-order chi connectivity index (χ1) is 11.1. The van der Waals surface area contributed by atoms with Gasteiger partial charge < -0.3 is 5.32 Å². The van der Waals surface area contributed by atoms with Crippen LogP contribution < -0.4 is 5.32 Å². The molecule has 0 atom stereocenters. The minimum absolute atomic E-state index is 0.335. The Hall–Kier alpha value is -3.02. The molecule has 3 rings (SSSR count). The van der Waals surface area contributed by atoms with Crippen LogP contribution in [-0.2, 0) is 0 Å². The van der Waals surface area contributed by atoms with E-state index in [4.69, 9.17) is 0 Å². The van der Waals surface area contributed by atoms with Crippen LogP contribution in [0.3, 0.4) is 0 Å². The Labute approximate surface area is 132 Å². The van der Waals surface area contributed by atoms with Gasteiger partial charge in [0.05, 0.1) is 17.5 Å². The zero-order chi connectivity index (χ0) is 16.4. The van der Waals surface area contributed by atoms with Crippen molar-refractivity contribution in [3.8, 4) is 5.82 Å². The molecule has 0 saturated carbocycles. The van der Waals surface area contributed by atoms with Gasteiger partial charge in [-0.3, -0.25) is 4.79 Å². The lowest BCUT2D eigenvalue weighted by Gasteiger charge is -2.09. The molecule has 1 amide bonds. The van der Waals surface area contributed by atoms with E-state index in [2.05, 4.69) is 15.4 Å². The van der Waals surface area contributed by atoms with Gasteiger partial charge in [0.1, 0.15) is 5.82 Å². The van der Waals surface area contributed by atoms with Crippen LogP contribution in [0.15, 0.2) is 48.8 Å². The highest BCUT2D eigenvalue weighted by atomic mass is 19.1. The van der Waals surface area contributed by atoms with Gasteiger partial charge in [0.2, 0.25) is 0 Å². The highest BCUT2D eigenvalue weighted by Gasteiger charge is 2.16. The van der Waals surface area contributed by atoms with Crippen LogP contribution in [0.4, 0.5) is 10.1 Å². The highest BCUT2D eigenvalue weighted by Crippen LogP contribution is 2.19. The van der Waals surface area contributed by atoms with Crippen molar-refractivity contribution >= 4 is 11.6 Å². The summed E-state index contributed by atoms with van der Waals surface area (Å²) in [6.07, 6.45) is 3.14.